The molecule has 0 bridgehead atoms. The number of rotatable bonds is 2. The molecule has 1 fully saturated rings. The third-order valence-electron chi connectivity index (χ3n) is 2.60. The molecular weight excluding hydrogens is 282 g/mol. The van der Waals surface area contributed by atoms with Crippen LogP contribution < -0.4 is 4.90 Å². The molecule has 1 aromatic rings. The highest BCUT2D eigenvalue weighted by Crippen LogP contribution is 2.25. The number of carbonyl (C=O) groups excluding carboxylic acids is 1. The SMILES string of the molecule is CC.O=C1CC(CO)CN1c1ccc(Br)cc1. The van der Waals surface area contributed by atoms with Crippen LogP contribution in [0, 0.1) is 5.92 Å². The quantitative estimate of drug-likeness (QED) is 0.912. The van der Waals surface area contributed by atoms with E-state index in [0.29, 0.717) is 13.0 Å². The van der Waals surface area contributed by atoms with Crippen molar-refractivity contribution >= 4 is 27.5 Å². The van der Waals surface area contributed by atoms with E-state index in [1.54, 1.807) is 4.90 Å². The highest BCUT2D eigenvalue weighted by Gasteiger charge is 2.29. The van der Waals surface area contributed by atoms with Crippen LogP contribution in [0.1, 0.15) is 20.3 Å². The van der Waals surface area contributed by atoms with Gasteiger partial charge in [0.25, 0.3) is 0 Å². The van der Waals surface area contributed by atoms with Crippen LogP contribution in [0.15, 0.2) is 28.7 Å². The third-order valence-corrected chi connectivity index (χ3v) is 3.13. The number of carbonyl (C=O) groups is 1. The number of hydrogen-bond donors (Lipinski definition) is 1. The van der Waals surface area contributed by atoms with Gasteiger partial charge in [-0.3, -0.25) is 4.79 Å². The molecule has 0 aliphatic carbocycles. The molecule has 1 saturated heterocycles. The zero-order valence-corrected chi connectivity index (χ0v) is 11.8. The summed E-state index contributed by atoms with van der Waals surface area (Å²) in [6.07, 6.45) is 0.451. The number of hydrogen-bond acceptors (Lipinski definition) is 2. The molecule has 0 saturated carbocycles. The van der Waals surface area contributed by atoms with E-state index in [2.05, 4.69) is 15.9 Å². The minimum atomic E-state index is 0.0821. The number of aliphatic hydroxyl groups is 1. The summed E-state index contributed by atoms with van der Waals surface area (Å²) in [7, 11) is 0. The first kappa shape index (κ1) is 14.2. The molecule has 1 heterocycles. The molecule has 3 nitrogen and oxygen atoms in total. The average Bonchev–Trinajstić information content (AvgIpc) is 2.74. The Labute approximate surface area is 111 Å². The fourth-order valence-electron chi connectivity index (χ4n) is 1.77. The predicted octanol–water partition coefficient (Wildman–Crippen LogP) is 2.82. The van der Waals surface area contributed by atoms with Crippen molar-refractivity contribution in [2.75, 3.05) is 18.1 Å². The molecule has 0 aromatic heterocycles. The Kier molecular flexibility index (Phi) is 5.65. The first-order valence-electron chi connectivity index (χ1n) is 5.87. The molecule has 1 unspecified atom stereocenters. The Balaban J connectivity index is 0.000000686. The van der Waals surface area contributed by atoms with Crippen molar-refractivity contribution in [2.45, 2.75) is 20.3 Å². The lowest BCUT2D eigenvalue weighted by atomic mass is 10.1. The van der Waals surface area contributed by atoms with Crippen LogP contribution in [0.2, 0.25) is 0 Å². The Hall–Kier alpha value is -0.870. The lowest BCUT2D eigenvalue weighted by Gasteiger charge is -2.16. The summed E-state index contributed by atoms with van der Waals surface area (Å²) >= 11 is 3.35. The molecule has 2 rings (SSSR count). The number of aliphatic hydroxyl groups excluding tert-OH is 1. The molecule has 94 valence electrons. The molecule has 1 aromatic carbocycles. The van der Waals surface area contributed by atoms with Crippen molar-refractivity contribution in [3.8, 4) is 0 Å². The first-order chi connectivity index (χ1) is 8.20. The van der Waals surface area contributed by atoms with Crippen molar-refractivity contribution in [1.29, 1.82) is 0 Å². The van der Waals surface area contributed by atoms with E-state index in [9.17, 15) is 4.79 Å². The van der Waals surface area contributed by atoms with E-state index in [0.717, 1.165) is 10.2 Å². The summed E-state index contributed by atoms with van der Waals surface area (Å²) in [5.74, 6) is 0.178. The number of amides is 1. The van der Waals surface area contributed by atoms with Gasteiger partial charge in [0, 0.05) is 35.7 Å². The Morgan fingerprint density at radius 1 is 1.35 bits per heavy atom. The summed E-state index contributed by atoms with van der Waals surface area (Å²) in [6.45, 7) is 4.70. The van der Waals surface area contributed by atoms with Crippen LogP contribution in [0.3, 0.4) is 0 Å². The van der Waals surface area contributed by atoms with Crippen LogP contribution >= 0.6 is 15.9 Å². The van der Waals surface area contributed by atoms with Crippen molar-refractivity contribution in [3.63, 3.8) is 0 Å². The largest absolute Gasteiger partial charge is 0.396 e. The maximum absolute atomic E-state index is 11.6. The summed E-state index contributed by atoms with van der Waals surface area (Å²) in [4.78, 5) is 13.4. The minimum absolute atomic E-state index is 0.0821. The fraction of sp³-hybridized carbons (Fsp3) is 0.462. The number of anilines is 1. The van der Waals surface area contributed by atoms with Gasteiger partial charge < -0.3 is 10.0 Å². The van der Waals surface area contributed by atoms with Crippen molar-refractivity contribution in [3.05, 3.63) is 28.7 Å². The van der Waals surface area contributed by atoms with Crippen LogP contribution in [0.25, 0.3) is 0 Å². The monoisotopic (exact) mass is 299 g/mol. The van der Waals surface area contributed by atoms with Gasteiger partial charge in [-0.25, -0.2) is 0 Å². The van der Waals surface area contributed by atoms with E-state index >= 15 is 0 Å². The van der Waals surface area contributed by atoms with Crippen LogP contribution in [0.5, 0.6) is 0 Å². The maximum atomic E-state index is 11.6. The van der Waals surface area contributed by atoms with Gasteiger partial charge in [-0.1, -0.05) is 29.8 Å². The van der Waals surface area contributed by atoms with Gasteiger partial charge in [-0.05, 0) is 24.3 Å². The van der Waals surface area contributed by atoms with E-state index in [-0.39, 0.29) is 18.4 Å². The molecule has 1 aliphatic heterocycles. The summed E-state index contributed by atoms with van der Waals surface area (Å²) < 4.78 is 0.997. The molecule has 0 radical (unpaired) electrons. The molecule has 17 heavy (non-hydrogen) atoms. The minimum Gasteiger partial charge on any atom is -0.396 e. The van der Waals surface area contributed by atoms with Gasteiger partial charge in [0.05, 0.1) is 0 Å². The lowest BCUT2D eigenvalue weighted by molar-refractivity contribution is -0.117. The Morgan fingerprint density at radius 3 is 2.41 bits per heavy atom. The van der Waals surface area contributed by atoms with E-state index in [1.165, 1.54) is 0 Å². The second-order valence-electron chi connectivity index (χ2n) is 3.73. The fourth-order valence-corrected chi connectivity index (χ4v) is 2.04. The Morgan fingerprint density at radius 2 is 1.94 bits per heavy atom. The summed E-state index contributed by atoms with van der Waals surface area (Å²) in [5.41, 5.74) is 0.902. The summed E-state index contributed by atoms with van der Waals surface area (Å²) in [5, 5.41) is 9.01. The van der Waals surface area contributed by atoms with Gasteiger partial charge in [0.1, 0.15) is 0 Å². The highest BCUT2D eigenvalue weighted by atomic mass is 79.9. The van der Waals surface area contributed by atoms with Gasteiger partial charge in [-0.15, -0.1) is 0 Å². The molecule has 0 spiro atoms. The van der Waals surface area contributed by atoms with E-state index in [1.807, 2.05) is 38.1 Å². The molecule has 1 N–H and O–H groups in total. The third kappa shape index (κ3) is 3.54. The smallest absolute Gasteiger partial charge is 0.227 e. The van der Waals surface area contributed by atoms with Crippen molar-refractivity contribution in [2.24, 2.45) is 5.92 Å². The highest BCUT2D eigenvalue weighted by molar-refractivity contribution is 9.10. The number of nitrogens with zero attached hydrogens (tertiary/aromatic N) is 1. The van der Waals surface area contributed by atoms with E-state index in [4.69, 9.17) is 5.11 Å². The predicted molar refractivity (Wildman–Crippen MR) is 73.0 cm³/mol. The maximum Gasteiger partial charge on any atom is 0.227 e. The Bertz CT molecular complexity index is 364. The zero-order valence-electron chi connectivity index (χ0n) is 10.2. The van der Waals surface area contributed by atoms with Crippen molar-refractivity contribution < 1.29 is 9.90 Å². The van der Waals surface area contributed by atoms with Crippen molar-refractivity contribution in [1.82, 2.24) is 0 Å². The standard InChI is InChI=1S/C11H12BrNO2.C2H6/c12-9-1-3-10(4-2-9)13-6-8(7-14)5-11(13)15;1-2/h1-4,8,14H,5-7H2;1-2H3. The van der Waals surface area contributed by atoms with Crippen LogP contribution in [-0.2, 0) is 4.79 Å². The number of halogens is 1. The zero-order chi connectivity index (χ0) is 12.8. The van der Waals surface area contributed by atoms with Gasteiger partial charge in [-0.2, -0.15) is 0 Å². The normalized spacial score (nSPS) is 18.9. The second-order valence-corrected chi connectivity index (χ2v) is 4.65. The first-order valence-corrected chi connectivity index (χ1v) is 6.67. The second kappa shape index (κ2) is 6.77. The average molecular weight is 300 g/mol. The van der Waals surface area contributed by atoms with Gasteiger partial charge in [0.15, 0.2) is 0 Å². The number of benzene rings is 1. The molecule has 4 heteroatoms. The topological polar surface area (TPSA) is 40.5 Å². The summed E-state index contributed by atoms with van der Waals surface area (Å²) in [6, 6.07) is 7.63. The molecular formula is C13H18BrNO2. The van der Waals surface area contributed by atoms with Crippen LogP contribution in [0.4, 0.5) is 5.69 Å². The molecule has 1 aliphatic rings. The van der Waals surface area contributed by atoms with Crippen LogP contribution in [-0.4, -0.2) is 24.2 Å². The lowest BCUT2D eigenvalue weighted by Crippen LogP contribution is -2.24. The van der Waals surface area contributed by atoms with E-state index < -0.39 is 0 Å². The molecule has 1 amide bonds. The van der Waals surface area contributed by atoms with Gasteiger partial charge in [0.2, 0.25) is 5.91 Å². The van der Waals surface area contributed by atoms with Gasteiger partial charge >= 0.3 is 0 Å². The molecule has 1 atom stereocenters.